The maximum absolute atomic E-state index is 12.4. The summed E-state index contributed by atoms with van der Waals surface area (Å²) in [5.74, 6) is 2.26. The molecule has 0 radical (unpaired) electrons. The van der Waals surface area contributed by atoms with Gasteiger partial charge in [0.2, 0.25) is 5.91 Å². The third-order valence-corrected chi connectivity index (χ3v) is 5.68. The minimum atomic E-state index is 0.246. The maximum Gasteiger partial charge on any atom is 0.223 e. The van der Waals surface area contributed by atoms with Crippen LogP contribution in [-0.2, 0) is 17.6 Å². The molecule has 2 aromatic carbocycles. The van der Waals surface area contributed by atoms with Gasteiger partial charge in [-0.3, -0.25) is 9.79 Å². The lowest BCUT2D eigenvalue weighted by molar-refractivity contribution is -0.127. The molecule has 0 bridgehead atoms. The number of para-hydroxylation sites is 2. The number of nitrogens with zero attached hydrogens (tertiary/aromatic N) is 3. The van der Waals surface area contributed by atoms with E-state index in [1.807, 2.05) is 47.4 Å². The number of aromatic amines is 1. The summed E-state index contributed by atoms with van der Waals surface area (Å²) in [6.07, 6.45) is 2.28. The molecule has 7 nitrogen and oxygen atoms in total. The second kappa shape index (κ2) is 10.1. The van der Waals surface area contributed by atoms with Crippen molar-refractivity contribution in [3.05, 3.63) is 66.0 Å². The molecule has 1 fully saturated rings. The van der Waals surface area contributed by atoms with Crippen molar-refractivity contribution >= 4 is 22.9 Å². The molecule has 2 heterocycles. The summed E-state index contributed by atoms with van der Waals surface area (Å²) in [6, 6.07) is 18.4. The van der Waals surface area contributed by atoms with E-state index in [0.29, 0.717) is 12.3 Å². The van der Waals surface area contributed by atoms with Gasteiger partial charge < -0.3 is 20.5 Å². The average Bonchev–Trinajstić information content (AvgIpc) is 3.37. The van der Waals surface area contributed by atoms with Crippen LogP contribution in [0.1, 0.15) is 17.8 Å². The molecule has 1 aliphatic heterocycles. The number of likely N-dealkylation sites (tertiary alicyclic amines) is 1. The number of hydrogen-bond acceptors (Lipinski definition) is 3. The molecule has 0 saturated carbocycles. The average molecular weight is 419 g/mol. The molecule has 1 amide bonds. The van der Waals surface area contributed by atoms with Gasteiger partial charge in [0.15, 0.2) is 5.96 Å². The van der Waals surface area contributed by atoms with Crippen molar-refractivity contribution in [1.29, 1.82) is 0 Å². The lowest BCUT2D eigenvalue weighted by Gasteiger charge is -2.18. The number of benzene rings is 2. The van der Waals surface area contributed by atoms with Crippen LogP contribution in [0.5, 0.6) is 0 Å². The van der Waals surface area contributed by atoms with Crippen molar-refractivity contribution in [2.24, 2.45) is 10.9 Å². The van der Waals surface area contributed by atoms with Gasteiger partial charge in [-0.05, 0) is 24.1 Å². The number of imidazole rings is 1. The number of aromatic nitrogens is 2. The number of amides is 1. The van der Waals surface area contributed by atoms with Gasteiger partial charge in [-0.15, -0.1) is 0 Å². The highest BCUT2D eigenvalue weighted by molar-refractivity contribution is 5.81. The maximum atomic E-state index is 12.4. The number of fused-ring (bicyclic) bond motifs is 1. The number of nitrogens with one attached hydrogen (secondary N) is 3. The fourth-order valence-electron chi connectivity index (χ4n) is 4.00. The zero-order valence-corrected chi connectivity index (χ0v) is 18.0. The first-order chi connectivity index (χ1) is 15.2. The Morgan fingerprint density at radius 1 is 1.13 bits per heavy atom. The molecule has 31 heavy (non-hydrogen) atoms. The van der Waals surface area contributed by atoms with Gasteiger partial charge in [-0.25, -0.2) is 4.98 Å². The van der Waals surface area contributed by atoms with Crippen LogP contribution in [0.3, 0.4) is 0 Å². The number of carbonyl (C=O) groups excluding carboxylic acids is 1. The second-order valence-corrected chi connectivity index (χ2v) is 7.98. The van der Waals surface area contributed by atoms with E-state index < -0.39 is 0 Å². The van der Waals surface area contributed by atoms with E-state index >= 15 is 0 Å². The molecule has 7 heteroatoms. The summed E-state index contributed by atoms with van der Waals surface area (Å²) < 4.78 is 0. The van der Waals surface area contributed by atoms with Crippen LogP contribution in [0.4, 0.5) is 0 Å². The number of rotatable bonds is 8. The molecular weight excluding hydrogens is 388 g/mol. The minimum Gasteiger partial charge on any atom is -0.356 e. The van der Waals surface area contributed by atoms with Gasteiger partial charge in [-0.2, -0.15) is 0 Å². The van der Waals surface area contributed by atoms with Gasteiger partial charge in [0.1, 0.15) is 5.82 Å². The third-order valence-electron chi connectivity index (χ3n) is 5.68. The predicted molar refractivity (Wildman–Crippen MR) is 124 cm³/mol. The number of H-pyrrole nitrogens is 1. The Kier molecular flexibility index (Phi) is 6.82. The second-order valence-electron chi connectivity index (χ2n) is 7.98. The predicted octanol–water partition coefficient (Wildman–Crippen LogP) is 2.36. The zero-order chi connectivity index (χ0) is 21.5. The third kappa shape index (κ3) is 5.63. The Labute approximate surface area is 183 Å². The van der Waals surface area contributed by atoms with E-state index in [1.54, 1.807) is 7.05 Å². The topological polar surface area (TPSA) is 85.4 Å². The van der Waals surface area contributed by atoms with Gasteiger partial charge in [0.25, 0.3) is 0 Å². The highest BCUT2D eigenvalue weighted by Gasteiger charge is 2.29. The lowest BCUT2D eigenvalue weighted by atomic mass is 10.1. The minimum absolute atomic E-state index is 0.246. The lowest BCUT2D eigenvalue weighted by Crippen LogP contribution is -2.41. The molecule has 1 aromatic heterocycles. The summed E-state index contributed by atoms with van der Waals surface area (Å²) in [4.78, 5) is 26.6. The van der Waals surface area contributed by atoms with Crippen molar-refractivity contribution in [3.63, 3.8) is 0 Å². The van der Waals surface area contributed by atoms with Crippen molar-refractivity contribution in [2.75, 3.05) is 33.2 Å². The van der Waals surface area contributed by atoms with E-state index in [2.05, 4.69) is 37.7 Å². The van der Waals surface area contributed by atoms with E-state index in [4.69, 9.17) is 0 Å². The summed E-state index contributed by atoms with van der Waals surface area (Å²) in [7, 11) is 1.77. The van der Waals surface area contributed by atoms with E-state index in [0.717, 1.165) is 61.8 Å². The van der Waals surface area contributed by atoms with Crippen molar-refractivity contribution in [2.45, 2.75) is 19.3 Å². The molecule has 0 spiro atoms. The van der Waals surface area contributed by atoms with Gasteiger partial charge in [0.05, 0.1) is 11.0 Å². The molecular formula is C24H30N6O. The first kappa shape index (κ1) is 20.9. The monoisotopic (exact) mass is 418 g/mol. The van der Waals surface area contributed by atoms with Crippen LogP contribution in [0, 0.1) is 5.92 Å². The van der Waals surface area contributed by atoms with Gasteiger partial charge in [-0.1, -0.05) is 42.5 Å². The molecule has 1 atom stereocenters. The Morgan fingerprint density at radius 3 is 2.74 bits per heavy atom. The first-order valence-corrected chi connectivity index (χ1v) is 10.9. The number of carbonyl (C=O) groups is 1. The van der Waals surface area contributed by atoms with Crippen LogP contribution in [0.2, 0.25) is 0 Å². The highest BCUT2D eigenvalue weighted by atomic mass is 16.2. The Balaban J connectivity index is 1.18. The van der Waals surface area contributed by atoms with Crippen LogP contribution >= 0.6 is 0 Å². The van der Waals surface area contributed by atoms with Crippen LogP contribution in [-0.4, -0.2) is 60.0 Å². The molecule has 3 aromatic rings. The quantitative estimate of drug-likeness (QED) is 0.387. The van der Waals surface area contributed by atoms with Crippen molar-refractivity contribution < 1.29 is 4.79 Å². The van der Waals surface area contributed by atoms with E-state index in [1.165, 1.54) is 5.56 Å². The molecule has 3 N–H and O–H groups in total. The summed E-state index contributed by atoms with van der Waals surface area (Å²) in [6.45, 7) is 3.04. The molecule has 1 saturated heterocycles. The van der Waals surface area contributed by atoms with Gasteiger partial charge >= 0.3 is 0 Å². The fraction of sp³-hybridized carbons (Fsp3) is 0.375. The molecule has 0 aliphatic carbocycles. The summed E-state index contributed by atoms with van der Waals surface area (Å²) >= 11 is 0. The SMILES string of the molecule is CN=C(NCCc1nc2ccccc2[nH]1)NCC1CC(=O)N(CCc2ccccc2)C1. The smallest absolute Gasteiger partial charge is 0.223 e. The van der Waals surface area contributed by atoms with Crippen LogP contribution in [0.25, 0.3) is 11.0 Å². The Morgan fingerprint density at radius 2 is 1.94 bits per heavy atom. The standard InChI is InChI=1S/C24H30N6O/c1-25-24(26-13-11-22-28-20-9-5-6-10-21(20)29-22)27-16-19-15-23(31)30(17-19)14-12-18-7-3-2-4-8-18/h2-10,19H,11-17H2,1H3,(H,28,29)(H2,25,26,27). The van der Waals surface area contributed by atoms with Gasteiger partial charge in [0, 0.05) is 52.0 Å². The van der Waals surface area contributed by atoms with Crippen molar-refractivity contribution in [1.82, 2.24) is 25.5 Å². The normalized spacial score (nSPS) is 16.8. The zero-order valence-electron chi connectivity index (χ0n) is 18.0. The summed E-state index contributed by atoms with van der Waals surface area (Å²) in [5.41, 5.74) is 3.32. The number of aliphatic imine (C=N–C) groups is 1. The van der Waals surface area contributed by atoms with Crippen LogP contribution in [0.15, 0.2) is 59.6 Å². The first-order valence-electron chi connectivity index (χ1n) is 10.9. The molecule has 162 valence electrons. The van der Waals surface area contributed by atoms with E-state index in [9.17, 15) is 4.79 Å². The largest absolute Gasteiger partial charge is 0.356 e. The van der Waals surface area contributed by atoms with Crippen molar-refractivity contribution in [3.8, 4) is 0 Å². The van der Waals surface area contributed by atoms with Crippen LogP contribution < -0.4 is 10.6 Å². The molecule has 1 aliphatic rings. The fourth-order valence-corrected chi connectivity index (χ4v) is 4.00. The molecule has 1 unspecified atom stereocenters. The Bertz CT molecular complexity index is 996. The Hall–Kier alpha value is -3.35. The van der Waals surface area contributed by atoms with E-state index in [-0.39, 0.29) is 5.91 Å². The highest BCUT2D eigenvalue weighted by Crippen LogP contribution is 2.17. The number of guanidine groups is 1. The summed E-state index contributed by atoms with van der Waals surface area (Å²) in [5, 5.41) is 6.70. The molecule has 4 rings (SSSR count). The number of hydrogen-bond donors (Lipinski definition) is 3.